The standard InChI is InChI=1S/C14H22N2O3.ClH/c1-11(10-15)16(2)14(17)12-4-6-13(7-5-12)19-9-8-18-3;/h4-7,11H,8-10,15H2,1-3H3;1H. The summed E-state index contributed by atoms with van der Waals surface area (Å²) in [6, 6.07) is 7.09. The number of carbonyl (C=O) groups excluding carboxylic acids is 1. The van der Waals surface area contributed by atoms with Crippen molar-refractivity contribution < 1.29 is 14.3 Å². The quantitative estimate of drug-likeness (QED) is 0.776. The molecule has 0 saturated heterocycles. The normalized spacial score (nSPS) is 11.4. The summed E-state index contributed by atoms with van der Waals surface area (Å²) in [5, 5.41) is 0. The third kappa shape index (κ3) is 5.36. The van der Waals surface area contributed by atoms with Gasteiger partial charge in [-0.25, -0.2) is 0 Å². The van der Waals surface area contributed by atoms with Crippen LogP contribution in [0.15, 0.2) is 24.3 Å². The van der Waals surface area contributed by atoms with Crippen molar-refractivity contribution in [3.8, 4) is 5.75 Å². The van der Waals surface area contributed by atoms with Crippen LogP contribution in [0.1, 0.15) is 17.3 Å². The van der Waals surface area contributed by atoms with Gasteiger partial charge in [-0.2, -0.15) is 0 Å². The zero-order valence-electron chi connectivity index (χ0n) is 12.2. The first-order valence-corrected chi connectivity index (χ1v) is 6.29. The fourth-order valence-corrected chi connectivity index (χ4v) is 1.50. The highest BCUT2D eigenvalue weighted by molar-refractivity contribution is 5.94. The molecule has 0 fully saturated rings. The van der Waals surface area contributed by atoms with Gasteiger partial charge in [-0.15, -0.1) is 12.4 Å². The van der Waals surface area contributed by atoms with Crippen molar-refractivity contribution >= 4 is 18.3 Å². The van der Waals surface area contributed by atoms with Crippen LogP contribution in [0.5, 0.6) is 5.75 Å². The Labute approximate surface area is 126 Å². The Kier molecular flexibility index (Phi) is 8.96. The lowest BCUT2D eigenvalue weighted by molar-refractivity contribution is 0.0748. The molecule has 2 N–H and O–H groups in total. The smallest absolute Gasteiger partial charge is 0.253 e. The van der Waals surface area contributed by atoms with Gasteiger partial charge in [-0.3, -0.25) is 4.79 Å². The Bertz CT molecular complexity index is 398. The van der Waals surface area contributed by atoms with E-state index < -0.39 is 0 Å². The van der Waals surface area contributed by atoms with E-state index in [0.717, 1.165) is 5.75 Å². The fourth-order valence-electron chi connectivity index (χ4n) is 1.50. The van der Waals surface area contributed by atoms with E-state index in [-0.39, 0.29) is 24.4 Å². The molecule has 1 aromatic carbocycles. The minimum absolute atomic E-state index is 0. The number of nitrogens with two attached hydrogens (primary N) is 1. The van der Waals surface area contributed by atoms with E-state index in [1.165, 1.54) is 0 Å². The van der Waals surface area contributed by atoms with Gasteiger partial charge in [0, 0.05) is 32.3 Å². The van der Waals surface area contributed by atoms with E-state index >= 15 is 0 Å². The molecule has 1 rings (SSSR count). The third-order valence-corrected chi connectivity index (χ3v) is 2.98. The third-order valence-electron chi connectivity index (χ3n) is 2.98. The van der Waals surface area contributed by atoms with E-state index in [1.807, 2.05) is 6.92 Å². The lowest BCUT2D eigenvalue weighted by atomic mass is 10.1. The van der Waals surface area contributed by atoms with Crippen LogP contribution in [-0.4, -0.2) is 50.8 Å². The lowest BCUT2D eigenvalue weighted by Gasteiger charge is -2.23. The number of nitrogens with zero attached hydrogens (tertiary/aromatic N) is 1. The van der Waals surface area contributed by atoms with Gasteiger partial charge in [0.15, 0.2) is 0 Å². The molecule has 20 heavy (non-hydrogen) atoms. The second-order valence-corrected chi connectivity index (χ2v) is 4.37. The highest BCUT2D eigenvalue weighted by atomic mass is 35.5. The van der Waals surface area contributed by atoms with Crippen molar-refractivity contribution in [1.82, 2.24) is 4.90 Å². The zero-order valence-corrected chi connectivity index (χ0v) is 13.0. The minimum Gasteiger partial charge on any atom is -0.491 e. The van der Waals surface area contributed by atoms with E-state index in [1.54, 1.807) is 43.3 Å². The number of likely N-dealkylation sites (N-methyl/N-ethyl adjacent to an activating group) is 1. The van der Waals surface area contributed by atoms with E-state index in [4.69, 9.17) is 15.2 Å². The Morgan fingerprint density at radius 1 is 1.30 bits per heavy atom. The number of methoxy groups -OCH3 is 1. The van der Waals surface area contributed by atoms with Crippen molar-refractivity contribution in [3.05, 3.63) is 29.8 Å². The summed E-state index contributed by atoms with van der Waals surface area (Å²) in [5.41, 5.74) is 6.18. The Balaban J connectivity index is 0.00000361. The van der Waals surface area contributed by atoms with Crippen molar-refractivity contribution in [2.75, 3.05) is 33.9 Å². The molecule has 0 bridgehead atoms. The molecule has 1 atom stereocenters. The molecule has 0 aromatic heterocycles. The van der Waals surface area contributed by atoms with Crippen LogP contribution in [0, 0.1) is 0 Å². The summed E-state index contributed by atoms with van der Waals surface area (Å²) in [6.45, 7) is 3.39. The predicted molar refractivity (Wildman–Crippen MR) is 81.7 cm³/mol. The maximum Gasteiger partial charge on any atom is 0.253 e. The lowest BCUT2D eigenvalue weighted by Crippen LogP contribution is -2.39. The topological polar surface area (TPSA) is 64.8 Å². The van der Waals surface area contributed by atoms with Gasteiger partial charge in [0.1, 0.15) is 12.4 Å². The average molecular weight is 303 g/mol. The first-order valence-electron chi connectivity index (χ1n) is 6.29. The van der Waals surface area contributed by atoms with Gasteiger partial charge in [0.05, 0.1) is 6.61 Å². The average Bonchev–Trinajstić information content (AvgIpc) is 2.46. The molecular formula is C14H23ClN2O3. The maximum atomic E-state index is 12.1. The molecule has 0 saturated carbocycles. The number of benzene rings is 1. The van der Waals surface area contributed by atoms with Crippen molar-refractivity contribution in [1.29, 1.82) is 0 Å². The van der Waals surface area contributed by atoms with Gasteiger partial charge in [0.25, 0.3) is 5.91 Å². The highest BCUT2D eigenvalue weighted by Gasteiger charge is 2.16. The summed E-state index contributed by atoms with van der Waals surface area (Å²) in [5.74, 6) is 0.685. The number of amides is 1. The number of rotatable bonds is 7. The van der Waals surface area contributed by atoms with Crippen LogP contribution in [0.3, 0.4) is 0 Å². The zero-order chi connectivity index (χ0) is 14.3. The number of hydrogen-bond donors (Lipinski definition) is 1. The van der Waals surface area contributed by atoms with E-state index in [9.17, 15) is 4.79 Å². The van der Waals surface area contributed by atoms with Gasteiger partial charge in [-0.1, -0.05) is 0 Å². The van der Waals surface area contributed by atoms with Crippen LogP contribution in [0.2, 0.25) is 0 Å². The summed E-state index contributed by atoms with van der Waals surface area (Å²) >= 11 is 0. The van der Waals surface area contributed by atoms with Crippen LogP contribution in [0.4, 0.5) is 0 Å². The second-order valence-electron chi connectivity index (χ2n) is 4.37. The molecule has 114 valence electrons. The molecule has 0 heterocycles. The van der Waals surface area contributed by atoms with Crippen molar-refractivity contribution in [2.45, 2.75) is 13.0 Å². The summed E-state index contributed by atoms with van der Waals surface area (Å²) < 4.78 is 10.3. The summed E-state index contributed by atoms with van der Waals surface area (Å²) in [4.78, 5) is 13.8. The monoisotopic (exact) mass is 302 g/mol. The van der Waals surface area contributed by atoms with Crippen LogP contribution >= 0.6 is 12.4 Å². The maximum absolute atomic E-state index is 12.1. The van der Waals surface area contributed by atoms with Crippen LogP contribution < -0.4 is 10.5 Å². The van der Waals surface area contributed by atoms with Gasteiger partial charge in [0.2, 0.25) is 0 Å². The molecule has 6 heteroatoms. The number of hydrogen-bond acceptors (Lipinski definition) is 4. The molecule has 0 aliphatic rings. The van der Waals surface area contributed by atoms with Gasteiger partial charge in [-0.05, 0) is 31.2 Å². The van der Waals surface area contributed by atoms with Crippen LogP contribution in [0.25, 0.3) is 0 Å². The highest BCUT2D eigenvalue weighted by Crippen LogP contribution is 2.14. The fraction of sp³-hybridized carbons (Fsp3) is 0.500. The van der Waals surface area contributed by atoms with Crippen LogP contribution in [-0.2, 0) is 4.74 Å². The molecule has 0 aliphatic carbocycles. The molecule has 1 aromatic rings. The Hall–Kier alpha value is -1.30. The molecule has 0 spiro atoms. The predicted octanol–water partition coefficient (Wildman–Crippen LogP) is 1.55. The first kappa shape index (κ1) is 18.7. The second kappa shape index (κ2) is 9.58. The molecule has 5 nitrogen and oxygen atoms in total. The van der Waals surface area contributed by atoms with E-state index in [2.05, 4.69) is 0 Å². The number of carbonyl (C=O) groups is 1. The SMILES string of the molecule is COCCOc1ccc(C(=O)N(C)C(C)CN)cc1.Cl. The summed E-state index contributed by atoms with van der Waals surface area (Å²) in [6.07, 6.45) is 0. The molecule has 1 amide bonds. The largest absolute Gasteiger partial charge is 0.491 e. The molecule has 1 unspecified atom stereocenters. The molecular weight excluding hydrogens is 280 g/mol. The van der Waals surface area contributed by atoms with Crippen molar-refractivity contribution in [2.24, 2.45) is 5.73 Å². The Morgan fingerprint density at radius 2 is 1.90 bits per heavy atom. The molecule has 0 aliphatic heterocycles. The Morgan fingerprint density at radius 3 is 2.40 bits per heavy atom. The number of ether oxygens (including phenoxy) is 2. The number of halogens is 1. The van der Waals surface area contributed by atoms with E-state index in [0.29, 0.717) is 25.3 Å². The van der Waals surface area contributed by atoms with Gasteiger partial charge < -0.3 is 20.1 Å². The van der Waals surface area contributed by atoms with Crippen molar-refractivity contribution in [3.63, 3.8) is 0 Å². The van der Waals surface area contributed by atoms with Gasteiger partial charge >= 0.3 is 0 Å². The molecule has 0 radical (unpaired) electrons. The minimum atomic E-state index is -0.0404. The summed E-state index contributed by atoms with van der Waals surface area (Å²) in [7, 11) is 3.38. The first-order chi connectivity index (χ1) is 9.10.